The molecule has 3 heterocycles. The molecule has 3 aromatic rings. The Morgan fingerprint density at radius 3 is 2.22 bits per heavy atom. The number of hydrogen-bond donors (Lipinski definition) is 0. The van der Waals surface area contributed by atoms with Gasteiger partial charge in [-0.3, -0.25) is 14.5 Å². The van der Waals surface area contributed by atoms with Crippen LogP contribution in [0.4, 0.5) is 17.6 Å². The summed E-state index contributed by atoms with van der Waals surface area (Å²) in [6.07, 6.45) is -2.87. The second-order valence-electron chi connectivity index (χ2n) is 8.80. The van der Waals surface area contributed by atoms with Crippen molar-refractivity contribution in [3.63, 3.8) is 0 Å². The van der Waals surface area contributed by atoms with Crippen LogP contribution in [-0.4, -0.2) is 76.8 Å². The van der Waals surface area contributed by atoms with E-state index in [0.29, 0.717) is 44.3 Å². The van der Waals surface area contributed by atoms with E-state index >= 15 is 0 Å². The number of alkyl halides is 3. The Hall–Kier alpha value is -3.31. The molecule has 5 rings (SSSR count). The van der Waals surface area contributed by atoms with E-state index in [-0.39, 0.29) is 34.5 Å². The molecule has 0 N–H and O–H groups in total. The minimum Gasteiger partial charge on any atom is -0.335 e. The summed E-state index contributed by atoms with van der Waals surface area (Å²) in [5, 5.41) is 2.26. The maximum Gasteiger partial charge on any atom is 0.416 e. The maximum atomic E-state index is 14.4. The van der Waals surface area contributed by atoms with Gasteiger partial charge in [0.25, 0.3) is 11.8 Å². The molecule has 0 saturated carbocycles. The number of aromatic nitrogens is 1. The van der Waals surface area contributed by atoms with Crippen LogP contribution in [0.1, 0.15) is 25.7 Å². The zero-order valence-corrected chi connectivity index (χ0v) is 19.9. The Bertz CT molecular complexity index is 1250. The van der Waals surface area contributed by atoms with Crippen LogP contribution < -0.4 is 0 Å². The van der Waals surface area contributed by atoms with E-state index in [1.54, 1.807) is 21.4 Å². The molecular formula is C25H22F4N4O2S. The van der Waals surface area contributed by atoms with E-state index in [0.717, 1.165) is 18.2 Å². The topological polar surface area (TPSA) is 56.8 Å². The molecule has 2 amide bonds. The fourth-order valence-electron chi connectivity index (χ4n) is 4.51. The summed E-state index contributed by atoms with van der Waals surface area (Å²) in [5.74, 6) is -0.926. The second kappa shape index (κ2) is 9.62. The van der Waals surface area contributed by atoms with Crippen molar-refractivity contribution in [3.8, 4) is 11.1 Å². The third kappa shape index (κ3) is 4.85. The van der Waals surface area contributed by atoms with Gasteiger partial charge in [0.05, 0.1) is 5.56 Å². The predicted molar refractivity (Wildman–Crippen MR) is 126 cm³/mol. The van der Waals surface area contributed by atoms with E-state index in [4.69, 9.17) is 0 Å². The number of nitrogens with zero attached hydrogens (tertiary/aromatic N) is 4. The molecule has 0 aliphatic carbocycles. The lowest BCUT2D eigenvalue weighted by atomic mass is 9.99. The van der Waals surface area contributed by atoms with Gasteiger partial charge >= 0.3 is 6.18 Å². The minimum absolute atomic E-state index is 0.0600. The fourth-order valence-corrected chi connectivity index (χ4v) is 5.11. The number of halogens is 4. The summed E-state index contributed by atoms with van der Waals surface area (Å²) in [7, 11) is 0. The average Bonchev–Trinajstić information content (AvgIpc) is 3.38. The lowest BCUT2D eigenvalue weighted by Crippen LogP contribution is -2.64. The smallest absolute Gasteiger partial charge is 0.335 e. The van der Waals surface area contributed by atoms with Crippen molar-refractivity contribution < 1.29 is 27.2 Å². The van der Waals surface area contributed by atoms with Gasteiger partial charge in [-0.2, -0.15) is 13.2 Å². The molecular weight excluding hydrogens is 496 g/mol. The van der Waals surface area contributed by atoms with E-state index in [2.05, 4.69) is 9.88 Å². The van der Waals surface area contributed by atoms with Crippen molar-refractivity contribution in [2.45, 2.75) is 12.2 Å². The van der Waals surface area contributed by atoms with Gasteiger partial charge in [0.15, 0.2) is 5.01 Å². The van der Waals surface area contributed by atoms with E-state index in [1.165, 1.54) is 35.6 Å². The van der Waals surface area contributed by atoms with Gasteiger partial charge in [-0.1, -0.05) is 12.1 Å². The Kier molecular flexibility index (Phi) is 6.52. The zero-order chi connectivity index (χ0) is 25.4. The largest absolute Gasteiger partial charge is 0.416 e. The van der Waals surface area contributed by atoms with Crippen molar-refractivity contribution in [2.24, 2.45) is 0 Å². The molecule has 36 heavy (non-hydrogen) atoms. The maximum absolute atomic E-state index is 14.4. The normalized spacial score (nSPS) is 17.2. The summed E-state index contributed by atoms with van der Waals surface area (Å²) >= 11 is 1.32. The van der Waals surface area contributed by atoms with Crippen molar-refractivity contribution in [1.82, 2.24) is 19.7 Å². The van der Waals surface area contributed by atoms with Crippen molar-refractivity contribution in [1.29, 1.82) is 0 Å². The molecule has 6 nitrogen and oxygen atoms in total. The molecule has 0 radical (unpaired) electrons. The molecule has 2 aliphatic heterocycles. The van der Waals surface area contributed by atoms with Gasteiger partial charge in [-0.05, 0) is 35.9 Å². The van der Waals surface area contributed by atoms with E-state index in [9.17, 15) is 27.2 Å². The first-order valence-electron chi connectivity index (χ1n) is 11.4. The monoisotopic (exact) mass is 518 g/mol. The van der Waals surface area contributed by atoms with E-state index in [1.807, 2.05) is 0 Å². The summed E-state index contributed by atoms with van der Waals surface area (Å²) in [6, 6.07) is 8.32. The van der Waals surface area contributed by atoms with Crippen LogP contribution in [0.2, 0.25) is 0 Å². The quantitative estimate of drug-likeness (QED) is 0.485. The summed E-state index contributed by atoms with van der Waals surface area (Å²) < 4.78 is 53.0. The van der Waals surface area contributed by atoms with Gasteiger partial charge in [0, 0.05) is 68.0 Å². The highest BCUT2D eigenvalue weighted by atomic mass is 32.1. The second-order valence-corrected chi connectivity index (χ2v) is 9.69. The van der Waals surface area contributed by atoms with Gasteiger partial charge in [-0.15, -0.1) is 11.3 Å². The van der Waals surface area contributed by atoms with Gasteiger partial charge in [-0.25, -0.2) is 9.37 Å². The van der Waals surface area contributed by atoms with Crippen LogP contribution in [0.3, 0.4) is 0 Å². The first-order valence-corrected chi connectivity index (χ1v) is 12.3. The first kappa shape index (κ1) is 24.4. The Balaban J connectivity index is 1.18. The number of likely N-dealkylation sites (tertiary alicyclic amines) is 1. The molecule has 11 heteroatoms. The molecule has 1 aromatic heterocycles. The third-order valence-corrected chi connectivity index (χ3v) is 7.38. The molecule has 188 valence electrons. The number of thiazole rings is 1. The first-order chi connectivity index (χ1) is 17.2. The molecule has 0 bridgehead atoms. The van der Waals surface area contributed by atoms with Gasteiger partial charge < -0.3 is 9.80 Å². The van der Waals surface area contributed by atoms with Gasteiger partial charge in [0.2, 0.25) is 0 Å². The molecule has 0 spiro atoms. The van der Waals surface area contributed by atoms with Crippen LogP contribution in [0.15, 0.2) is 54.0 Å². The molecule has 2 aromatic carbocycles. The number of rotatable bonds is 4. The molecule has 0 atom stereocenters. The summed E-state index contributed by atoms with van der Waals surface area (Å²) in [6.45, 7) is 3.64. The predicted octanol–water partition coefficient (Wildman–Crippen LogP) is 4.25. The molecule has 2 fully saturated rings. The van der Waals surface area contributed by atoms with Crippen LogP contribution in [0, 0.1) is 5.82 Å². The van der Waals surface area contributed by atoms with E-state index < -0.39 is 17.6 Å². The number of benzene rings is 2. The molecule has 0 unspecified atom stereocenters. The third-order valence-electron chi connectivity index (χ3n) is 6.62. The summed E-state index contributed by atoms with van der Waals surface area (Å²) in [4.78, 5) is 35.2. The van der Waals surface area contributed by atoms with Crippen LogP contribution in [-0.2, 0) is 6.18 Å². The highest BCUT2D eigenvalue weighted by molar-refractivity contribution is 7.11. The van der Waals surface area contributed by atoms with Crippen molar-refractivity contribution in [2.75, 3.05) is 39.3 Å². The number of carbonyl (C=O) groups is 2. The van der Waals surface area contributed by atoms with Crippen LogP contribution in [0.25, 0.3) is 11.1 Å². The number of amides is 2. The Labute approximate surface area is 208 Å². The fraction of sp³-hybridized carbons (Fsp3) is 0.320. The number of carbonyl (C=O) groups excluding carboxylic acids is 2. The van der Waals surface area contributed by atoms with Crippen LogP contribution in [0.5, 0.6) is 0 Å². The van der Waals surface area contributed by atoms with Crippen molar-refractivity contribution >= 4 is 23.2 Å². The minimum atomic E-state index is -4.48. The zero-order valence-electron chi connectivity index (χ0n) is 19.0. The SMILES string of the molecule is O=C(c1ccc(F)c(-c2ccc(C(F)(F)F)cc2)c1)N1CC(N2CCN(C(=O)c3nccs3)CC2)C1. The molecule has 2 aliphatic rings. The average molecular weight is 519 g/mol. The number of hydrogen-bond acceptors (Lipinski definition) is 5. The lowest BCUT2D eigenvalue weighted by molar-refractivity contribution is -0.137. The van der Waals surface area contributed by atoms with Crippen LogP contribution >= 0.6 is 11.3 Å². The Morgan fingerprint density at radius 1 is 0.917 bits per heavy atom. The molecule has 2 saturated heterocycles. The standard InChI is InChI=1S/C25H22F4N4O2S/c26-21-6-3-17(13-20(21)16-1-4-18(5-2-16)25(27,28)29)23(34)33-14-19(15-33)31-8-10-32(11-9-31)24(35)22-30-7-12-36-22/h1-7,12-13,19H,8-11,14-15H2. The lowest BCUT2D eigenvalue weighted by Gasteiger charge is -2.48. The highest BCUT2D eigenvalue weighted by Crippen LogP contribution is 2.32. The van der Waals surface area contributed by atoms with Crippen molar-refractivity contribution in [3.05, 3.63) is 76.0 Å². The number of piperazine rings is 1. The Morgan fingerprint density at radius 2 is 1.61 bits per heavy atom. The van der Waals surface area contributed by atoms with Gasteiger partial charge in [0.1, 0.15) is 5.82 Å². The summed E-state index contributed by atoms with van der Waals surface area (Å²) in [5.41, 5.74) is -0.197. The highest BCUT2D eigenvalue weighted by Gasteiger charge is 2.37.